The van der Waals surface area contributed by atoms with Gasteiger partial charge in [-0.05, 0) is 19.3 Å². The van der Waals surface area contributed by atoms with Crippen LogP contribution < -0.4 is 5.32 Å². The van der Waals surface area contributed by atoms with Crippen LogP contribution in [0, 0.1) is 0 Å². The van der Waals surface area contributed by atoms with Crippen molar-refractivity contribution < 1.29 is 20.1 Å². The van der Waals surface area contributed by atoms with Crippen molar-refractivity contribution in [2.24, 2.45) is 0 Å². The lowest BCUT2D eigenvalue weighted by Gasteiger charge is -2.21. The first kappa shape index (κ1) is 62.1. The zero-order chi connectivity index (χ0) is 45.8. The average molecular weight is 891 g/mol. The van der Waals surface area contributed by atoms with Crippen molar-refractivity contribution in [2.75, 3.05) is 6.61 Å². The predicted octanol–water partition coefficient (Wildman–Crippen LogP) is 17.9. The average Bonchev–Trinajstić information content (AvgIpc) is 3.29. The number of allylic oxidation sites excluding steroid dienone is 1. The van der Waals surface area contributed by atoms with Gasteiger partial charge in [0.15, 0.2) is 0 Å². The number of rotatable bonds is 54. The van der Waals surface area contributed by atoms with Crippen molar-refractivity contribution in [3.63, 3.8) is 0 Å². The van der Waals surface area contributed by atoms with Crippen LogP contribution in [0.4, 0.5) is 0 Å². The van der Waals surface area contributed by atoms with Gasteiger partial charge in [0.25, 0.3) is 0 Å². The third kappa shape index (κ3) is 48.8. The lowest BCUT2D eigenvalue weighted by molar-refractivity contribution is -0.131. The van der Waals surface area contributed by atoms with Crippen LogP contribution in [-0.4, -0.2) is 46.1 Å². The van der Waals surface area contributed by atoms with Gasteiger partial charge in [0, 0.05) is 0 Å². The number of hydrogen-bond acceptors (Lipinski definition) is 4. The Bertz CT molecular complexity index is 894. The Kier molecular flexibility index (Phi) is 52.9. The fourth-order valence-electron chi connectivity index (χ4n) is 9.37. The van der Waals surface area contributed by atoms with E-state index in [0.717, 1.165) is 32.1 Å². The summed E-state index contributed by atoms with van der Waals surface area (Å²) < 4.78 is 0. The Morgan fingerprint density at radius 1 is 0.381 bits per heavy atom. The van der Waals surface area contributed by atoms with Crippen molar-refractivity contribution >= 4 is 5.91 Å². The SMILES string of the molecule is CCCCCCCCCCCCCCCCCCCCCCCC/C=C/C(O)C(CO)NC(=O)C(O)CCCCCCCCCCCCCCCCCCCCCCCCCCC. The maximum Gasteiger partial charge on any atom is 0.249 e. The maximum absolute atomic E-state index is 12.6. The molecule has 0 saturated heterocycles. The molecule has 3 atom stereocenters. The predicted molar refractivity (Wildman–Crippen MR) is 278 cm³/mol. The largest absolute Gasteiger partial charge is 0.394 e. The molecular weight excluding hydrogens is 775 g/mol. The molecule has 0 aromatic heterocycles. The zero-order valence-electron chi connectivity index (χ0n) is 43.0. The van der Waals surface area contributed by atoms with E-state index in [9.17, 15) is 20.1 Å². The molecule has 0 heterocycles. The lowest BCUT2D eigenvalue weighted by Crippen LogP contribution is -2.48. The molecule has 376 valence electrons. The van der Waals surface area contributed by atoms with E-state index in [4.69, 9.17) is 0 Å². The minimum Gasteiger partial charge on any atom is -0.394 e. The molecule has 4 N–H and O–H groups in total. The molecule has 0 fully saturated rings. The van der Waals surface area contributed by atoms with Crippen LogP contribution >= 0.6 is 0 Å². The fraction of sp³-hybridized carbons (Fsp3) is 0.948. The highest BCUT2D eigenvalue weighted by Gasteiger charge is 2.22. The molecular formula is C58H115NO4. The molecule has 5 heteroatoms. The van der Waals surface area contributed by atoms with E-state index in [-0.39, 0.29) is 6.61 Å². The summed E-state index contributed by atoms with van der Waals surface area (Å²) in [4.78, 5) is 12.6. The van der Waals surface area contributed by atoms with E-state index in [1.165, 1.54) is 276 Å². The molecule has 0 bridgehead atoms. The van der Waals surface area contributed by atoms with Crippen molar-refractivity contribution in [3.8, 4) is 0 Å². The third-order valence-corrected chi connectivity index (χ3v) is 13.9. The van der Waals surface area contributed by atoms with Crippen molar-refractivity contribution in [1.29, 1.82) is 0 Å². The van der Waals surface area contributed by atoms with Gasteiger partial charge in [0.05, 0.1) is 18.8 Å². The van der Waals surface area contributed by atoms with Crippen LogP contribution in [0.3, 0.4) is 0 Å². The van der Waals surface area contributed by atoms with E-state index in [1.807, 2.05) is 6.08 Å². The highest BCUT2D eigenvalue weighted by Crippen LogP contribution is 2.18. The summed E-state index contributed by atoms with van der Waals surface area (Å²) in [6.07, 6.45) is 67.3. The summed E-state index contributed by atoms with van der Waals surface area (Å²) in [6, 6.07) is -0.794. The fourth-order valence-corrected chi connectivity index (χ4v) is 9.37. The first-order valence-electron chi connectivity index (χ1n) is 29.0. The smallest absolute Gasteiger partial charge is 0.249 e. The Balaban J connectivity index is 3.53. The number of hydrogen-bond donors (Lipinski definition) is 4. The van der Waals surface area contributed by atoms with Gasteiger partial charge in [-0.1, -0.05) is 321 Å². The van der Waals surface area contributed by atoms with Crippen LogP contribution in [0.5, 0.6) is 0 Å². The van der Waals surface area contributed by atoms with E-state index >= 15 is 0 Å². The van der Waals surface area contributed by atoms with Gasteiger partial charge in [-0.2, -0.15) is 0 Å². The van der Waals surface area contributed by atoms with Gasteiger partial charge < -0.3 is 20.6 Å². The quantitative estimate of drug-likeness (QED) is 0.0362. The summed E-state index contributed by atoms with van der Waals surface area (Å²) in [5.41, 5.74) is 0. The molecule has 0 aromatic carbocycles. The van der Waals surface area contributed by atoms with E-state index in [1.54, 1.807) is 6.08 Å². The lowest BCUT2D eigenvalue weighted by atomic mass is 10.0. The molecule has 0 radical (unpaired) electrons. The van der Waals surface area contributed by atoms with E-state index in [2.05, 4.69) is 19.2 Å². The van der Waals surface area contributed by atoms with E-state index in [0.29, 0.717) is 6.42 Å². The number of nitrogens with one attached hydrogen (secondary N) is 1. The molecule has 0 rings (SSSR count). The normalized spacial score (nSPS) is 13.3. The molecule has 0 aliphatic heterocycles. The van der Waals surface area contributed by atoms with Crippen molar-refractivity contribution in [2.45, 2.75) is 347 Å². The molecule has 0 spiro atoms. The molecule has 5 nitrogen and oxygen atoms in total. The second-order valence-corrected chi connectivity index (χ2v) is 20.2. The minimum absolute atomic E-state index is 0.358. The first-order chi connectivity index (χ1) is 31.1. The summed E-state index contributed by atoms with van der Waals surface area (Å²) in [6.45, 7) is 4.23. The molecule has 63 heavy (non-hydrogen) atoms. The van der Waals surface area contributed by atoms with Gasteiger partial charge >= 0.3 is 0 Å². The van der Waals surface area contributed by atoms with Gasteiger partial charge in [0.2, 0.25) is 5.91 Å². The molecule has 0 saturated carbocycles. The molecule has 0 aliphatic rings. The number of amides is 1. The highest BCUT2D eigenvalue weighted by molar-refractivity contribution is 5.80. The highest BCUT2D eigenvalue weighted by atomic mass is 16.3. The van der Waals surface area contributed by atoms with Crippen molar-refractivity contribution in [1.82, 2.24) is 5.32 Å². The van der Waals surface area contributed by atoms with Crippen LogP contribution in [0.2, 0.25) is 0 Å². The summed E-state index contributed by atoms with van der Waals surface area (Å²) in [5.74, 6) is -0.495. The van der Waals surface area contributed by atoms with Crippen LogP contribution in [-0.2, 0) is 4.79 Å². The van der Waals surface area contributed by atoms with Crippen LogP contribution in [0.25, 0.3) is 0 Å². The Morgan fingerprint density at radius 3 is 0.873 bits per heavy atom. The molecule has 0 aromatic rings. The number of carbonyl (C=O) groups excluding carboxylic acids is 1. The number of aliphatic hydroxyl groups is 3. The van der Waals surface area contributed by atoms with Crippen LogP contribution in [0.1, 0.15) is 328 Å². The Labute approximate surface area is 395 Å². The molecule has 3 unspecified atom stereocenters. The second kappa shape index (κ2) is 53.7. The molecule has 0 aliphatic carbocycles. The van der Waals surface area contributed by atoms with E-state index < -0.39 is 24.2 Å². The number of unbranched alkanes of at least 4 members (excludes halogenated alkanes) is 46. The van der Waals surface area contributed by atoms with Gasteiger partial charge in [-0.3, -0.25) is 4.79 Å². The summed E-state index contributed by atoms with van der Waals surface area (Å²) in [7, 11) is 0. The Morgan fingerprint density at radius 2 is 0.619 bits per heavy atom. The standard InChI is InChI=1S/C58H115NO4/c1-3-5-7-9-11-13-15-17-19-21-23-25-27-29-31-33-35-37-39-41-43-45-47-49-51-53-57(62)58(63)59-55(54-60)56(61)52-50-48-46-44-42-40-38-36-34-32-30-28-26-24-22-20-18-16-14-12-10-8-6-4-2/h50,52,55-57,60-62H,3-49,51,53-54H2,1-2H3,(H,59,63)/b52-50+. The topological polar surface area (TPSA) is 89.8 Å². The van der Waals surface area contributed by atoms with Gasteiger partial charge in [-0.25, -0.2) is 0 Å². The molecule has 1 amide bonds. The van der Waals surface area contributed by atoms with Gasteiger partial charge in [-0.15, -0.1) is 0 Å². The first-order valence-corrected chi connectivity index (χ1v) is 29.0. The second-order valence-electron chi connectivity index (χ2n) is 20.2. The monoisotopic (exact) mass is 890 g/mol. The summed E-state index contributed by atoms with van der Waals surface area (Å²) >= 11 is 0. The minimum atomic E-state index is -1.09. The van der Waals surface area contributed by atoms with Gasteiger partial charge in [0.1, 0.15) is 6.10 Å². The summed E-state index contributed by atoms with van der Waals surface area (Å²) in [5, 5.41) is 33.4. The van der Waals surface area contributed by atoms with Crippen LogP contribution in [0.15, 0.2) is 12.2 Å². The van der Waals surface area contributed by atoms with Crippen molar-refractivity contribution in [3.05, 3.63) is 12.2 Å². The number of carbonyl (C=O) groups is 1. The maximum atomic E-state index is 12.6. The number of aliphatic hydroxyl groups excluding tert-OH is 3. The zero-order valence-corrected chi connectivity index (χ0v) is 43.0. The third-order valence-electron chi connectivity index (χ3n) is 13.9. The Hall–Kier alpha value is -0.910.